The molecule has 2 N–H and O–H groups in total. The lowest BCUT2D eigenvalue weighted by atomic mass is 9.82. The van der Waals surface area contributed by atoms with Gasteiger partial charge in [-0.1, -0.05) is 32.1 Å². The Hall–Kier alpha value is -1.17. The van der Waals surface area contributed by atoms with Gasteiger partial charge in [0.15, 0.2) is 10.8 Å². The summed E-state index contributed by atoms with van der Waals surface area (Å²) < 4.78 is 11.4. The molecule has 0 aliphatic heterocycles. The zero-order chi connectivity index (χ0) is 17.0. The minimum atomic E-state index is -0.0931. The molecule has 23 heavy (non-hydrogen) atoms. The van der Waals surface area contributed by atoms with Crippen molar-refractivity contribution < 1.29 is 14.3 Å². The third kappa shape index (κ3) is 4.22. The first-order chi connectivity index (χ1) is 11.0. The molecule has 0 amide bonds. The maximum absolute atomic E-state index is 12.7. The molecule has 1 aliphatic rings. The van der Waals surface area contributed by atoms with Crippen LogP contribution in [0.1, 0.15) is 49.7 Å². The van der Waals surface area contributed by atoms with Crippen LogP contribution in [0.5, 0.6) is 5.06 Å². The van der Waals surface area contributed by atoms with Crippen LogP contribution in [-0.4, -0.2) is 31.1 Å². The van der Waals surface area contributed by atoms with Crippen molar-refractivity contribution in [1.82, 2.24) is 0 Å². The number of ketones is 1. The van der Waals surface area contributed by atoms with Crippen molar-refractivity contribution in [3.8, 4) is 5.06 Å². The first-order valence-electron chi connectivity index (χ1n) is 8.30. The van der Waals surface area contributed by atoms with Crippen LogP contribution in [0.3, 0.4) is 0 Å². The highest BCUT2D eigenvalue weighted by molar-refractivity contribution is 7.16. The molecule has 0 unspecified atom stereocenters. The Balaban J connectivity index is 2.20. The molecule has 5 heteroatoms. The summed E-state index contributed by atoms with van der Waals surface area (Å²) in [4.78, 5) is 13.4. The lowest BCUT2D eigenvalue weighted by molar-refractivity contribution is -0.0247. The SMILES string of the molecule is CCC(CC)O[C@@H]1C=C(C(=O)c2ccc(OC)s2)C[C@H](N)[C@H]1C. The molecular weight excluding hydrogens is 310 g/mol. The lowest BCUT2D eigenvalue weighted by Gasteiger charge is -2.34. The van der Waals surface area contributed by atoms with Crippen LogP contribution in [0.4, 0.5) is 0 Å². The van der Waals surface area contributed by atoms with E-state index in [0.29, 0.717) is 11.3 Å². The molecule has 0 radical (unpaired) electrons. The van der Waals surface area contributed by atoms with Crippen LogP contribution in [0.2, 0.25) is 0 Å². The summed E-state index contributed by atoms with van der Waals surface area (Å²) in [5, 5.41) is 0.743. The molecule has 1 heterocycles. The predicted octanol–water partition coefficient (Wildman–Crippen LogP) is 3.81. The zero-order valence-electron chi connectivity index (χ0n) is 14.4. The Kier molecular flexibility index (Phi) is 6.39. The monoisotopic (exact) mass is 337 g/mol. The highest BCUT2D eigenvalue weighted by atomic mass is 32.1. The van der Waals surface area contributed by atoms with E-state index in [4.69, 9.17) is 15.2 Å². The summed E-state index contributed by atoms with van der Waals surface area (Å²) in [7, 11) is 1.61. The first-order valence-corrected chi connectivity index (χ1v) is 9.12. The molecule has 0 saturated carbocycles. The number of ether oxygens (including phenoxy) is 2. The van der Waals surface area contributed by atoms with Crippen molar-refractivity contribution in [2.45, 2.75) is 58.3 Å². The molecular formula is C18H27NO3S. The maximum Gasteiger partial charge on any atom is 0.198 e. The van der Waals surface area contributed by atoms with Gasteiger partial charge in [-0.25, -0.2) is 0 Å². The van der Waals surface area contributed by atoms with Crippen LogP contribution < -0.4 is 10.5 Å². The minimum absolute atomic E-state index is 0.0406. The van der Waals surface area contributed by atoms with E-state index in [1.807, 2.05) is 18.2 Å². The summed E-state index contributed by atoms with van der Waals surface area (Å²) in [6.07, 6.45) is 4.64. The number of carbonyl (C=O) groups excluding carboxylic acids is 1. The summed E-state index contributed by atoms with van der Waals surface area (Å²) in [5.74, 6) is 0.254. The number of methoxy groups -OCH3 is 1. The Labute approximate surface area is 142 Å². The highest BCUT2D eigenvalue weighted by Crippen LogP contribution is 2.32. The third-order valence-corrected chi connectivity index (χ3v) is 5.62. The van der Waals surface area contributed by atoms with E-state index in [2.05, 4.69) is 20.8 Å². The van der Waals surface area contributed by atoms with Gasteiger partial charge in [0.05, 0.1) is 24.2 Å². The van der Waals surface area contributed by atoms with Gasteiger partial charge in [-0.3, -0.25) is 4.79 Å². The highest BCUT2D eigenvalue weighted by Gasteiger charge is 2.32. The third-order valence-electron chi connectivity index (χ3n) is 4.57. The van der Waals surface area contributed by atoms with E-state index in [1.165, 1.54) is 11.3 Å². The van der Waals surface area contributed by atoms with Crippen molar-refractivity contribution in [1.29, 1.82) is 0 Å². The fraction of sp³-hybridized carbons (Fsp3) is 0.611. The van der Waals surface area contributed by atoms with Gasteiger partial charge in [0.2, 0.25) is 0 Å². The zero-order valence-corrected chi connectivity index (χ0v) is 15.2. The molecule has 3 atom stereocenters. The van der Waals surface area contributed by atoms with Gasteiger partial charge in [0.1, 0.15) is 0 Å². The van der Waals surface area contributed by atoms with Crippen LogP contribution >= 0.6 is 11.3 Å². The van der Waals surface area contributed by atoms with Crippen LogP contribution in [0.25, 0.3) is 0 Å². The number of hydrogen-bond donors (Lipinski definition) is 1. The topological polar surface area (TPSA) is 61.5 Å². The summed E-state index contributed by atoms with van der Waals surface area (Å²) in [5.41, 5.74) is 7.03. The number of carbonyl (C=O) groups is 1. The molecule has 0 bridgehead atoms. The van der Waals surface area contributed by atoms with Crippen molar-refractivity contribution >= 4 is 17.1 Å². The number of Topliss-reactive ketones (excluding diaryl/α,β-unsaturated/α-hetero) is 1. The van der Waals surface area contributed by atoms with E-state index >= 15 is 0 Å². The molecule has 4 nitrogen and oxygen atoms in total. The Bertz CT molecular complexity index is 562. The van der Waals surface area contributed by atoms with Gasteiger partial charge in [-0.05, 0) is 37.5 Å². The second-order valence-electron chi connectivity index (χ2n) is 6.11. The van der Waals surface area contributed by atoms with E-state index in [-0.39, 0.29) is 30.0 Å². The maximum atomic E-state index is 12.7. The fourth-order valence-electron chi connectivity index (χ4n) is 2.85. The average molecular weight is 337 g/mol. The normalized spacial score (nSPS) is 24.6. The molecule has 0 spiro atoms. The first kappa shape index (κ1) is 18.2. The number of nitrogens with two attached hydrogens (primary N) is 1. The molecule has 1 aliphatic carbocycles. The predicted molar refractivity (Wildman–Crippen MR) is 94.3 cm³/mol. The Morgan fingerprint density at radius 1 is 1.39 bits per heavy atom. The smallest absolute Gasteiger partial charge is 0.198 e. The Morgan fingerprint density at radius 3 is 2.65 bits per heavy atom. The second kappa shape index (κ2) is 8.08. The van der Waals surface area contributed by atoms with E-state index < -0.39 is 0 Å². The summed E-state index contributed by atoms with van der Waals surface area (Å²) in [6, 6.07) is 3.58. The summed E-state index contributed by atoms with van der Waals surface area (Å²) in [6.45, 7) is 6.34. The second-order valence-corrected chi connectivity index (χ2v) is 7.16. The summed E-state index contributed by atoms with van der Waals surface area (Å²) >= 11 is 1.37. The molecule has 1 aromatic rings. The van der Waals surface area contributed by atoms with Gasteiger partial charge in [0, 0.05) is 17.5 Å². The quantitative estimate of drug-likeness (QED) is 0.769. The number of hydrogen-bond acceptors (Lipinski definition) is 5. The Morgan fingerprint density at radius 2 is 2.09 bits per heavy atom. The largest absolute Gasteiger partial charge is 0.487 e. The number of rotatable bonds is 7. The molecule has 128 valence electrons. The van der Waals surface area contributed by atoms with Gasteiger partial charge < -0.3 is 15.2 Å². The lowest BCUT2D eigenvalue weighted by Crippen LogP contribution is -2.42. The molecule has 0 fully saturated rings. The van der Waals surface area contributed by atoms with Gasteiger partial charge in [-0.2, -0.15) is 0 Å². The van der Waals surface area contributed by atoms with Gasteiger partial charge >= 0.3 is 0 Å². The number of thiophene rings is 1. The van der Waals surface area contributed by atoms with Crippen LogP contribution in [0.15, 0.2) is 23.8 Å². The van der Waals surface area contributed by atoms with E-state index in [0.717, 1.165) is 23.5 Å². The van der Waals surface area contributed by atoms with Crippen molar-refractivity contribution in [3.05, 3.63) is 28.7 Å². The van der Waals surface area contributed by atoms with E-state index in [1.54, 1.807) is 7.11 Å². The van der Waals surface area contributed by atoms with E-state index in [9.17, 15) is 4.79 Å². The van der Waals surface area contributed by atoms with Crippen LogP contribution in [-0.2, 0) is 4.74 Å². The molecule has 2 rings (SSSR count). The molecule has 0 aromatic carbocycles. The van der Waals surface area contributed by atoms with Crippen molar-refractivity contribution in [3.63, 3.8) is 0 Å². The van der Waals surface area contributed by atoms with Crippen LogP contribution in [0, 0.1) is 5.92 Å². The average Bonchev–Trinajstić information content (AvgIpc) is 3.04. The van der Waals surface area contributed by atoms with Crippen molar-refractivity contribution in [2.24, 2.45) is 11.7 Å². The molecule has 1 aromatic heterocycles. The van der Waals surface area contributed by atoms with Gasteiger partial charge in [-0.15, -0.1) is 0 Å². The molecule has 0 saturated heterocycles. The standard InChI is InChI=1S/C18H27NO3S/c1-5-13(6-2)22-15-10-12(9-14(19)11(15)3)18(20)16-7-8-17(21-4)23-16/h7-8,10-11,13-15H,5-6,9,19H2,1-4H3/t11-,14+,15-/m1/s1. The van der Waals surface area contributed by atoms with Gasteiger partial charge in [0.25, 0.3) is 0 Å². The minimum Gasteiger partial charge on any atom is -0.487 e. The fourth-order valence-corrected chi connectivity index (χ4v) is 3.64. The van der Waals surface area contributed by atoms with Crippen molar-refractivity contribution in [2.75, 3.05) is 7.11 Å².